The highest BCUT2D eigenvalue weighted by Crippen LogP contribution is 2.44. The maximum absolute atomic E-state index is 9.25. The van der Waals surface area contributed by atoms with Gasteiger partial charge in [0.2, 0.25) is 0 Å². The van der Waals surface area contributed by atoms with Gasteiger partial charge < -0.3 is 19.9 Å². The van der Waals surface area contributed by atoms with Crippen LogP contribution < -0.4 is 14.8 Å². The molecule has 0 unspecified atom stereocenters. The van der Waals surface area contributed by atoms with Crippen molar-refractivity contribution < 1.29 is 14.6 Å². The second-order valence-electron chi connectivity index (χ2n) is 5.18. The smallest absolute Gasteiger partial charge is 0.161 e. The molecule has 1 fully saturated rings. The quantitative estimate of drug-likeness (QED) is 0.754. The van der Waals surface area contributed by atoms with Crippen LogP contribution in [-0.2, 0) is 6.54 Å². The molecule has 0 saturated heterocycles. The van der Waals surface area contributed by atoms with Gasteiger partial charge >= 0.3 is 0 Å². The summed E-state index contributed by atoms with van der Waals surface area (Å²) in [6.07, 6.45) is 2.26. The van der Waals surface area contributed by atoms with Crippen molar-refractivity contribution in [3.63, 3.8) is 0 Å². The third-order valence-electron chi connectivity index (χ3n) is 3.65. The van der Waals surface area contributed by atoms with E-state index in [4.69, 9.17) is 9.47 Å². The molecular formula is C15H23NO3. The number of aliphatic hydroxyl groups excluding tert-OH is 1. The first-order valence-electron chi connectivity index (χ1n) is 6.84. The van der Waals surface area contributed by atoms with Gasteiger partial charge in [0.1, 0.15) is 0 Å². The second-order valence-corrected chi connectivity index (χ2v) is 5.18. The lowest BCUT2D eigenvalue weighted by Gasteiger charge is -2.14. The van der Waals surface area contributed by atoms with Crippen molar-refractivity contribution in [3.8, 4) is 11.5 Å². The summed E-state index contributed by atoms with van der Waals surface area (Å²) in [5.41, 5.74) is 1.31. The van der Waals surface area contributed by atoms with Gasteiger partial charge in [0.15, 0.2) is 11.5 Å². The van der Waals surface area contributed by atoms with Crippen LogP contribution in [0.4, 0.5) is 0 Å². The minimum Gasteiger partial charge on any atom is -0.493 e. The van der Waals surface area contributed by atoms with Gasteiger partial charge in [-0.3, -0.25) is 0 Å². The van der Waals surface area contributed by atoms with Gasteiger partial charge in [0, 0.05) is 25.1 Å². The number of aliphatic hydroxyl groups is 1. The lowest BCUT2D eigenvalue weighted by molar-refractivity contribution is 0.207. The van der Waals surface area contributed by atoms with Crippen LogP contribution in [0.1, 0.15) is 25.3 Å². The zero-order valence-electron chi connectivity index (χ0n) is 11.7. The molecular weight excluding hydrogens is 242 g/mol. The molecule has 106 valence electrons. The summed E-state index contributed by atoms with van der Waals surface area (Å²) in [5.74, 6) is 1.55. The molecule has 2 N–H and O–H groups in total. The number of hydrogen-bond donors (Lipinski definition) is 2. The van der Waals surface area contributed by atoms with Gasteiger partial charge in [-0.15, -0.1) is 0 Å². The first kappa shape index (κ1) is 14.2. The van der Waals surface area contributed by atoms with E-state index in [1.807, 2.05) is 25.1 Å². The van der Waals surface area contributed by atoms with E-state index < -0.39 is 0 Å². The summed E-state index contributed by atoms with van der Waals surface area (Å²) < 4.78 is 10.8. The fourth-order valence-electron chi connectivity index (χ4n) is 2.14. The summed E-state index contributed by atoms with van der Waals surface area (Å²) in [7, 11) is 1.65. The highest BCUT2D eigenvalue weighted by Gasteiger charge is 2.41. The Morgan fingerprint density at radius 2 is 2.11 bits per heavy atom. The predicted octanol–water partition coefficient (Wildman–Crippen LogP) is 1.96. The van der Waals surface area contributed by atoms with Crippen molar-refractivity contribution in [1.82, 2.24) is 5.32 Å². The fraction of sp³-hybridized carbons (Fsp3) is 0.600. The molecule has 4 heteroatoms. The molecule has 1 aliphatic carbocycles. The molecule has 0 bridgehead atoms. The molecule has 1 aromatic carbocycles. The van der Waals surface area contributed by atoms with Crippen molar-refractivity contribution in [1.29, 1.82) is 0 Å². The summed E-state index contributed by atoms with van der Waals surface area (Å²) in [6.45, 7) is 4.53. The number of methoxy groups -OCH3 is 1. The monoisotopic (exact) mass is 265 g/mol. The number of hydrogen-bond acceptors (Lipinski definition) is 4. The second kappa shape index (κ2) is 6.26. The molecule has 1 aromatic rings. The van der Waals surface area contributed by atoms with Crippen molar-refractivity contribution >= 4 is 0 Å². The predicted molar refractivity (Wildman–Crippen MR) is 74.6 cm³/mol. The molecule has 4 nitrogen and oxygen atoms in total. The van der Waals surface area contributed by atoms with Crippen molar-refractivity contribution in [2.75, 3.05) is 26.9 Å². The van der Waals surface area contributed by atoms with Crippen molar-refractivity contribution in [2.24, 2.45) is 5.41 Å². The van der Waals surface area contributed by atoms with Crippen LogP contribution in [0.5, 0.6) is 11.5 Å². The average molecular weight is 265 g/mol. The molecule has 19 heavy (non-hydrogen) atoms. The van der Waals surface area contributed by atoms with Gasteiger partial charge in [-0.25, -0.2) is 0 Å². The van der Waals surface area contributed by atoms with Gasteiger partial charge in [0.05, 0.1) is 13.7 Å². The highest BCUT2D eigenvalue weighted by atomic mass is 16.5. The van der Waals surface area contributed by atoms with E-state index >= 15 is 0 Å². The molecule has 0 spiro atoms. The number of rotatable bonds is 8. The van der Waals surface area contributed by atoms with Crippen LogP contribution in [0.25, 0.3) is 0 Å². The fourth-order valence-corrected chi connectivity index (χ4v) is 2.14. The van der Waals surface area contributed by atoms with Gasteiger partial charge in [-0.2, -0.15) is 0 Å². The molecule has 0 atom stereocenters. The molecule has 0 aromatic heterocycles. The van der Waals surface area contributed by atoms with E-state index in [1.165, 1.54) is 0 Å². The van der Waals surface area contributed by atoms with E-state index in [2.05, 4.69) is 5.32 Å². The first-order valence-corrected chi connectivity index (χ1v) is 6.84. The number of ether oxygens (including phenoxy) is 2. The normalized spacial score (nSPS) is 16.2. The Labute approximate surface area is 114 Å². The van der Waals surface area contributed by atoms with Gasteiger partial charge in [-0.1, -0.05) is 6.07 Å². The van der Waals surface area contributed by atoms with Crippen molar-refractivity contribution in [3.05, 3.63) is 23.8 Å². The van der Waals surface area contributed by atoms with E-state index in [9.17, 15) is 5.11 Å². The van der Waals surface area contributed by atoms with Crippen LogP contribution in [0.3, 0.4) is 0 Å². The zero-order valence-corrected chi connectivity index (χ0v) is 11.7. The SMILES string of the molecule is CCOc1ccc(CNCC2(CO)CC2)cc1OC. The van der Waals surface area contributed by atoms with Crippen LogP contribution in [-0.4, -0.2) is 32.0 Å². The van der Waals surface area contributed by atoms with Crippen LogP contribution in [0, 0.1) is 5.41 Å². The maximum atomic E-state index is 9.25. The molecule has 2 rings (SSSR count). The Balaban J connectivity index is 1.89. The molecule has 0 heterocycles. The summed E-state index contributed by atoms with van der Waals surface area (Å²) in [4.78, 5) is 0. The van der Waals surface area contributed by atoms with E-state index in [1.54, 1.807) is 7.11 Å². The number of nitrogens with one attached hydrogen (secondary N) is 1. The Kier molecular flexibility index (Phi) is 4.66. The van der Waals surface area contributed by atoms with E-state index in [0.29, 0.717) is 6.61 Å². The summed E-state index contributed by atoms with van der Waals surface area (Å²) in [5, 5.41) is 12.7. The van der Waals surface area contributed by atoms with E-state index in [0.717, 1.165) is 43.0 Å². The van der Waals surface area contributed by atoms with Crippen LogP contribution in [0.15, 0.2) is 18.2 Å². The minimum absolute atomic E-state index is 0.148. The summed E-state index contributed by atoms with van der Waals surface area (Å²) in [6, 6.07) is 5.98. The molecule has 1 saturated carbocycles. The Hall–Kier alpha value is -1.26. The lowest BCUT2D eigenvalue weighted by atomic mass is 10.1. The molecule has 0 radical (unpaired) electrons. The van der Waals surface area contributed by atoms with Crippen molar-refractivity contribution in [2.45, 2.75) is 26.3 Å². The third kappa shape index (κ3) is 3.61. The van der Waals surface area contributed by atoms with Crippen LogP contribution >= 0.6 is 0 Å². The maximum Gasteiger partial charge on any atom is 0.161 e. The Bertz CT molecular complexity index is 416. The molecule has 0 amide bonds. The third-order valence-corrected chi connectivity index (χ3v) is 3.65. The summed E-state index contributed by atoms with van der Waals surface area (Å²) >= 11 is 0. The molecule has 0 aliphatic heterocycles. The molecule has 1 aliphatic rings. The van der Waals surface area contributed by atoms with E-state index in [-0.39, 0.29) is 12.0 Å². The van der Waals surface area contributed by atoms with Gasteiger partial charge in [-0.05, 0) is 37.5 Å². The Morgan fingerprint density at radius 3 is 2.68 bits per heavy atom. The zero-order chi connectivity index (χ0) is 13.7. The lowest BCUT2D eigenvalue weighted by Crippen LogP contribution is -2.26. The first-order chi connectivity index (χ1) is 9.23. The Morgan fingerprint density at radius 1 is 1.32 bits per heavy atom. The standard InChI is InChI=1S/C15H23NO3/c1-3-19-13-5-4-12(8-14(13)18-2)9-16-10-15(11-17)6-7-15/h4-5,8,16-17H,3,6-7,9-11H2,1-2H3. The average Bonchev–Trinajstić information content (AvgIpc) is 3.21. The largest absolute Gasteiger partial charge is 0.493 e. The number of benzene rings is 1. The minimum atomic E-state index is 0.148. The van der Waals surface area contributed by atoms with Gasteiger partial charge in [0.25, 0.3) is 0 Å². The topological polar surface area (TPSA) is 50.7 Å². The van der Waals surface area contributed by atoms with Crippen LogP contribution in [0.2, 0.25) is 0 Å². The highest BCUT2D eigenvalue weighted by molar-refractivity contribution is 5.42.